The van der Waals surface area contributed by atoms with Gasteiger partial charge in [0.25, 0.3) is 0 Å². The van der Waals surface area contributed by atoms with Crippen LogP contribution in [-0.2, 0) is 6.54 Å². The summed E-state index contributed by atoms with van der Waals surface area (Å²) < 4.78 is 18.7. The van der Waals surface area contributed by atoms with Crippen molar-refractivity contribution < 1.29 is 14.2 Å². The van der Waals surface area contributed by atoms with E-state index in [0.29, 0.717) is 17.9 Å². The number of phenols is 1. The third-order valence-corrected chi connectivity index (χ3v) is 3.26. The van der Waals surface area contributed by atoms with Crippen molar-refractivity contribution in [1.82, 2.24) is 5.32 Å². The van der Waals surface area contributed by atoms with Gasteiger partial charge in [-0.3, -0.25) is 0 Å². The number of benzene rings is 2. The lowest BCUT2D eigenvalue weighted by Crippen LogP contribution is -2.19. The molecule has 0 bridgehead atoms. The number of methoxy groups -OCH3 is 1. The van der Waals surface area contributed by atoms with Gasteiger partial charge in [-0.05, 0) is 31.2 Å². The molecule has 0 amide bonds. The van der Waals surface area contributed by atoms with E-state index in [0.717, 1.165) is 5.56 Å². The number of hydrogen-bond acceptors (Lipinski definition) is 3. The lowest BCUT2D eigenvalue weighted by Gasteiger charge is -2.16. The van der Waals surface area contributed by atoms with Gasteiger partial charge in [0.15, 0.2) is 0 Å². The molecule has 0 radical (unpaired) electrons. The molecule has 2 aromatic carbocycles. The van der Waals surface area contributed by atoms with Crippen molar-refractivity contribution in [3.8, 4) is 11.5 Å². The van der Waals surface area contributed by atoms with Gasteiger partial charge in [-0.15, -0.1) is 0 Å². The number of halogens is 1. The van der Waals surface area contributed by atoms with Crippen LogP contribution in [0.15, 0.2) is 42.5 Å². The van der Waals surface area contributed by atoms with Crippen LogP contribution in [0.2, 0.25) is 0 Å². The zero-order chi connectivity index (χ0) is 14.5. The maximum atomic E-state index is 13.5. The van der Waals surface area contributed by atoms with Gasteiger partial charge in [0, 0.05) is 23.7 Å². The molecule has 2 rings (SSSR count). The van der Waals surface area contributed by atoms with Crippen LogP contribution in [0.3, 0.4) is 0 Å². The minimum atomic E-state index is -0.234. The van der Waals surface area contributed by atoms with Crippen molar-refractivity contribution in [2.45, 2.75) is 19.5 Å². The highest BCUT2D eigenvalue weighted by molar-refractivity contribution is 5.41. The molecule has 0 saturated carbocycles. The summed E-state index contributed by atoms with van der Waals surface area (Å²) in [6.45, 7) is 2.31. The van der Waals surface area contributed by atoms with Crippen molar-refractivity contribution in [3.05, 3.63) is 59.4 Å². The van der Waals surface area contributed by atoms with Gasteiger partial charge in [-0.25, -0.2) is 4.39 Å². The lowest BCUT2D eigenvalue weighted by molar-refractivity contribution is 0.407. The van der Waals surface area contributed by atoms with Gasteiger partial charge in [-0.1, -0.05) is 18.2 Å². The summed E-state index contributed by atoms with van der Waals surface area (Å²) in [7, 11) is 1.58. The Hall–Kier alpha value is -2.07. The summed E-state index contributed by atoms with van der Waals surface area (Å²) in [5, 5.41) is 13.1. The average Bonchev–Trinajstić information content (AvgIpc) is 2.46. The summed E-state index contributed by atoms with van der Waals surface area (Å²) in [4.78, 5) is 0. The molecule has 1 unspecified atom stereocenters. The van der Waals surface area contributed by atoms with Crippen LogP contribution in [0.5, 0.6) is 11.5 Å². The average molecular weight is 275 g/mol. The Morgan fingerprint density at radius 1 is 1.25 bits per heavy atom. The standard InChI is InChI=1S/C16H18FNO2/c1-11(14-9-13(20-2)7-8-16(14)19)18-10-12-5-3-4-6-15(12)17/h3-9,11,18-19H,10H2,1-2H3. The summed E-state index contributed by atoms with van der Waals surface area (Å²) in [5.74, 6) is 0.638. The summed E-state index contributed by atoms with van der Waals surface area (Å²) in [6, 6.07) is 11.6. The number of hydrogen-bond donors (Lipinski definition) is 2. The number of rotatable bonds is 5. The number of phenolic OH excluding ortho intramolecular Hbond substituents is 1. The van der Waals surface area contributed by atoms with Crippen LogP contribution in [0, 0.1) is 5.82 Å². The van der Waals surface area contributed by atoms with Gasteiger partial charge in [0.1, 0.15) is 17.3 Å². The van der Waals surface area contributed by atoms with Crippen molar-refractivity contribution in [2.75, 3.05) is 7.11 Å². The molecule has 4 heteroatoms. The van der Waals surface area contributed by atoms with Crippen LogP contribution in [0.1, 0.15) is 24.1 Å². The molecular formula is C16H18FNO2. The van der Waals surface area contributed by atoms with Gasteiger partial charge in [0.2, 0.25) is 0 Å². The second kappa shape index (κ2) is 6.39. The van der Waals surface area contributed by atoms with Crippen molar-refractivity contribution >= 4 is 0 Å². The zero-order valence-electron chi connectivity index (χ0n) is 11.6. The largest absolute Gasteiger partial charge is 0.508 e. The Labute approximate surface area is 118 Å². The van der Waals surface area contributed by atoms with Crippen LogP contribution >= 0.6 is 0 Å². The SMILES string of the molecule is COc1ccc(O)c(C(C)NCc2ccccc2F)c1. The molecule has 3 nitrogen and oxygen atoms in total. The molecular weight excluding hydrogens is 257 g/mol. The molecule has 0 fully saturated rings. The first-order chi connectivity index (χ1) is 9.61. The van der Waals surface area contributed by atoms with Crippen molar-refractivity contribution in [1.29, 1.82) is 0 Å². The van der Waals surface area contributed by atoms with Gasteiger partial charge in [-0.2, -0.15) is 0 Å². The second-order valence-corrected chi connectivity index (χ2v) is 4.62. The van der Waals surface area contributed by atoms with Crippen molar-refractivity contribution in [3.63, 3.8) is 0 Å². The molecule has 0 aromatic heterocycles. The number of nitrogens with one attached hydrogen (secondary N) is 1. The highest BCUT2D eigenvalue weighted by Crippen LogP contribution is 2.28. The first-order valence-corrected chi connectivity index (χ1v) is 6.45. The maximum Gasteiger partial charge on any atom is 0.127 e. The number of ether oxygens (including phenoxy) is 1. The van der Waals surface area contributed by atoms with E-state index in [1.807, 2.05) is 6.92 Å². The molecule has 0 saturated heterocycles. The molecule has 0 heterocycles. The Morgan fingerprint density at radius 2 is 2.00 bits per heavy atom. The maximum absolute atomic E-state index is 13.5. The minimum absolute atomic E-state index is 0.121. The van der Waals surface area contributed by atoms with E-state index < -0.39 is 0 Å². The van der Waals surface area contributed by atoms with E-state index in [9.17, 15) is 9.50 Å². The first-order valence-electron chi connectivity index (χ1n) is 6.45. The van der Waals surface area contributed by atoms with E-state index in [4.69, 9.17) is 4.74 Å². The van der Waals surface area contributed by atoms with E-state index in [1.165, 1.54) is 6.07 Å². The van der Waals surface area contributed by atoms with E-state index in [-0.39, 0.29) is 17.6 Å². The fourth-order valence-corrected chi connectivity index (χ4v) is 2.02. The highest BCUT2D eigenvalue weighted by Gasteiger charge is 2.12. The molecule has 0 spiro atoms. The Morgan fingerprint density at radius 3 is 2.70 bits per heavy atom. The Kier molecular flexibility index (Phi) is 4.58. The van der Waals surface area contributed by atoms with E-state index >= 15 is 0 Å². The summed E-state index contributed by atoms with van der Waals surface area (Å²) in [6.07, 6.45) is 0. The molecule has 0 aliphatic carbocycles. The normalized spacial score (nSPS) is 12.2. The zero-order valence-corrected chi connectivity index (χ0v) is 11.6. The summed E-state index contributed by atoms with van der Waals surface area (Å²) >= 11 is 0. The third-order valence-electron chi connectivity index (χ3n) is 3.26. The monoisotopic (exact) mass is 275 g/mol. The topological polar surface area (TPSA) is 41.5 Å². The quantitative estimate of drug-likeness (QED) is 0.879. The van der Waals surface area contributed by atoms with Crippen LogP contribution in [0.4, 0.5) is 4.39 Å². The van der Waals surface area contributed by atoms with Crippen LogP contribution in [0.25, 0.3) is 0 Å². The fraction of sp³-hybridized carbons (Fsp3) is 0.250. The molecule has 0 aliphatic rings. The predicted molar refractivity (Wildman–Crippen MR) is 76.3 cm³/mol. The molecule has 0 aliphatic heterocycles. The lowest BCUT2D eigenvalue weighted by atomic mass is 10.1. The molecule has 2 N–H and O–H groups in total. The molecule has 106 valence electrons. The molecule has 2 aromatic rings. The smallest absolute Gasteiger partial charge is 0.127 e. The number of aromatic hydroxyl groups is 1. The first kappa shape index (κ1) is 14.3. The highest BCUT2D eigenvalue weighted by atomic mass is 19.1. The predicted octanol–water partition coefficient (Wildman–Crippen LogP) is 3.39. The Bertz CT molecular complexity index is 586. The fourth-order valence-electron chi connectivity index (χ4n) is 2.02. The van der Waals surface area contributed by atoms with Crippen LogP contribution < -0.4 is 10.1 Å². The van der Waals surface area contributed by atoms with Gasteiger partial charge in [0.05, 0.1) is 7.11 Å². The van der Waals surface area contributed by atoms with Crippen molar-refractivity contribution in [2.24, 2.45) is 0 Å². The molecule has 20 heavy (non-hydrogen) atoms. The van der Waals surface area contributed by atoms with Crippen LogP contribution in [-0.4, -0.2) is 12.2 Å². The minimum Gasteiger partial charge on any atom is -0.508 e. The van der Waals surface area contributed by atoms with E-state index in [1.54, 1.807) is 43.5 Å². The van der Waals surface area contributed by atoms with Gasteiger partial charge < -0.3 is 15.2 Å². The second-order valence-electron chi connectivity index (χ2n) is 4.62. The van der Waals surface area contributed by atoms with Gasteiger partial charge >= 0.3 is 0 Å². The summed E-state index contributed by atoms with van der Waals surface area (Å²) in [5.41, 5.74) is 1.32. The molecule has 1 atom stereocenters. The third kappa shape index (κ3) is 3.27. The Balaban J connectivity index is 2.09. The van der Waals surface area contributed by atoms with E-state index in [2.05, 4.69) is 5.32 Å².